The number of nitrogens with one attached hydrogen (secondary N) is 1. The summed E-state index contributed by atoms with van der Waals surface area (Å²) in [7, 11) is 3.75. The van der Waals surface area contributed by atoms with Gasteiger partial charge in [-0.1, -0.05) is 18.2 Å². The van der Waals surface area contributed by atoms with Gasteiger partial charge in [0.05, 0.1) is 0 Å². The minimum absolute atomic E-state index is 0.213. The zero-order valence-corrected chi connectivity index (χ0v) is 16.5. The van der Waals surface area contributed by atoms with E-state index in [0.717, 1.165) is 24.0 Å². The van der Waals surface area contributed by atoms with Gasteiger partial charge in [-0.25, -0.2) is 4.79 Å². The van der Waals surface area contributed by atoms with Crippen molar-refractivity contribution in [1.82, 2.24) is 10.2 Å². The van der Waals surface area contributed by atoms with Crippen molar-refractivity contribution >= 4 is 18.2 Å². The van der Waals surface area contributed by atoms with E-state index in [1.54, 1.807) is 17.0 Å². The molecule has 1 aromatic rings. The lowest BCUT2D eigenvalue weighted by Gasteiger charge is -2.31. The number of benzene rings is 1. The summed E-state index contributed by atoms with van der Waals surface area (Å²) < 4.78 is 5.48. The third-order valence-corrected chi connectivity index (χ3v) is 5.09. The fraction of sp³-hybridized carbons (Fsp3) is 0.476. The van der Waals surface area contributed by atoms with E-state index in [1.165, 1.54) is 6.08 Å². The number of hydrogen-bond acceptors (Lipinski definition) is 5. The van der Waals surface area contributed by atoms with Crippen LogP contribution in [-0.2, 0) is 10.2 Å². The Hall–Kier alpha value is -2.47. The summed E-state index contributed by atoms with van der Waals surface area (Å²) in [5, 5.41) is 2.75. The average Bonchev–Trinajstić information content (AvgIpc) is 3.21. The summed E-state index contributed by atoms with van der Waals surface area (Å²) in [6.07, 6.45) is 2.74. The maximum Gasteiger partial charge on any atom is 0.414 e. The molecule has 1 amide bonds. The number of carbonyl (C=O) groups excluding carboxylic acids is 3. The van der Waals surface area contributed by atoms with Gasteiger partial charge in [0.2, 0.25) is 0 Å². The summed E-state index contributed by atoms with van der Waals surface area (Å²) in [6.45, 7) is 6.02. The molecule has 144 valence electrons. The summed E-state index contributed by atoms with van der Waals surface area (Å²) in [4.78, 5) is 38.0. The first-order valence-electron chi connectivity index (χ1n) is 9.13. The van der Waals surface area contributed by atoms with Crippen LogP contribution in [0.5, 0.6) is 0 Å². The van der Waals surface area contributed by atoms with Crippen LogP contribution in [0.2, 0.25) is 0 Å². The number of hydrogen-bond donors (Lipinski definition) is 1. The lowest BCUT2D eigenvalue weighted by atomic mass is 9.80. The maximum atomic E-state index is 12.6. The molecule has 1 aliphatic heterocycles. The van der Waals surface area contributed by atoms with Crippen molar-refractivity contribution in [3.8, 4) is 0 Å². The fourth-order valence-electron chi connectivity index (χ4n) is 4.10. The Bertz CT molecular complexity index is 837. The molecular weight excluding hydrogens is 344 g/mol. The van der Waals surface area contributed by atoms with Gasteiger partial charge in [-0.05, 0) is 52.8 Å². The van der Waals surface area contributed by atoms with Gasteiger partial charge in [-0.3, -0.25) is 14.5 Å². The second kappa shape index (κ2) is 6.60. The highest BCUT2D eigenvalue weighted by Gasteiger charge is 2.67. The van der Waals surface area contributed by atoms with Crippen LogP contribution in [-0.4, -0.2) is 49.3 Å². The lowest BCUT2D eigenvalue weighted by Crippen LogP contribution is -2.38. The predicted molar refractivity (Wildman–Crippen MR) is 102 cm³/mol. The van der Waals surface area contributed by atoms with E-state index in [0.29, 0.717) is 17.7 Å². The van der Waals surface area contributed by atoms with Crippen LogP contribution in [0.15, 0.2) is 30.0 Å². The monoisotopic (exact) mass is 370 g/mol. The normalized spacial score (nSPS) is 24.6. The summed E-state index contributed by atoms with van der Waals surface area (Å²) in [6, 6.07) is 5.38. The van der Waals surface area contributed by atoms with Crippen LogP contribution in [0.25, 0.3) is 0 Å². The molecule has 6 heteroatoms. The van der Waals surface area contributed by atoms with Crippen molar-refractivity contribution in [3.05, 3.63) is 46.7 Å². The van der Waals surface area contributed by atoms with Crippen molar-refractivity contribution in [2.24, 2.45) is 5.92 Å². The van der Waals surface area contributed by atoms with Crippen molar-refractivity contribution in [2.45, 2.75) is 38.2 Å². The second-order valence-electron chi connectivity index (χ2n) is 8.24. The van der Waals surface area contributed by atoms with E-state index in [2.05, 4.69) is 5.32 Å². The fourth-order valence-corrected chi connectivity index (χ4v) is 4.10. The number of fused-ring (bicyclic) bond motifs is 1. The van der Waals surface area contributed by atoms with Gasteiger partial charge < -0.3 is 10.1 Å². The van der Waals surface area contributed by atoms with Crippen LogP contribution in [0.3, 0.4) is 0 Å². The van der Waals surface area contributed by atoms with Crippen LogP contribution in [0.1, 0.15) is 53.5 Å². The van der Waals surface area contributed by atoms with Gasteiger partial charge >= 0.3 is 6.09 Å². The third kappa shape index (κ3) is 3.08. The van der Waals surface area contributed by atoms with Crippen molar-refractivity contribution in [3.63, 3.8) is 0 Å². The van der Waals surface area contributed by atoms with Crippen molar-refractivity contribution in [2.75, 3.05) is 20.6 Å². The largest absolute Gasteiger partial charge is 0.443 e. The number of rotatable bonds is 1. The Morgan fingerprint density at radius 2 is 2.00 bits per heavy atom. The molecular formula is C21H26N2O4. The van der Waals surface area contributed by atoms with Crippen molar-refractivity contribution in [1.29, 1.82) is 0 Å². The molecule has 2 unspecified atom stereocenters. The molecule has 1 saturated heterocycles. The van der Waals surface area contributed by atoms with Gasteiger partial charge in [0.1, 0.15) is 5.60 Å². The SMILES string of the molecule is CC(C)(C)OC(=O)N1CC2CC23C1=CC(=O)c1c(C=O)cccc13.CNC. The molecule has 2 aliphatic carbocycles. The number of ketones is 1. The first-order chi connectivity index (χ1) is 12.7. The Balaban J connectivity index is 0.000000659. The van der Waals surface area contributed by atoms with Gasteiger partial charge in [-0.2, -0.15) is 0 Å². The number of ether oxygens (including phenoxy) is 1. The Morgan fingerprint density at radius 3 is 2.59 bits per heavy atom. The summed E-state index contributed by atoms with van der Waals surface area (Å²) in [5.41, 5.74) is 1.62. The van der Waals surface area contributed by atoms with Crippen molar-refractivity contribution < 1.29 is 19.1 Å². The first kappa shape index (κ1) is 19.3. The Morgan fingerprint density at radius 1 is 1.33 bits per heavy atom. The highest BCUT2D eigenvalue weighted by molar-refractivity contribution is 6.13. The molecule has 1 N–H and O–H groups in total. The molecule has 4 rings (SSSR count). The highest BCUT2D eigenvalue weighted by Crippen LogP contribution is 2.66. The van der Waals surface area contributed by atoms with Gasteiger partial charge in [0.15, 0.2) is 12.1 Å². The van der Waals surface area contributed by atoms with E-state index in [1.807, 2.05) is 40.9 Å². The zero-order chi connectivity index (χ0) is 20.0. The van der Waals surface area contributed by atoms with E-state index < -0.39 is 11.7 Å². The van der Waals surface area contributed by atoms with Crippen LogP contribution < -0.4 is 5.32 Å². The van der Waals surface area contributed by atoms with Crippen LogP contribution in [0.4, 0.5) is 4.79 Å². The first-order valence-corrected chi connectivity index (χ1v) is 9.13. The van der Waals surface area contributed by atoms with Crippen LogP contribution >= 0.6 is 0 Å². The summed E-state index contributed by atoms with van der Waals surface area (Å²) in [5.74, 6) is 0.0689. The van der Waals surface area contributed by atoms with E-state index in [-0.39, 0.29) is 17.1 Å². The number of aldehydes is 1. The van der Waals surface area contributed by atoms with E-state index in [4.69, 9.17) is 4.74 Å². The molecule has 1 aromatic carbocycles. The minimum Gasteiger partial charge on any atom is -0.443 e. The smallest absolute Gasteiger partial charge is 0.414 e. The average molecular weight is 370 g/mol. The molecule has 2 fully saturated rings. The molecule has 0 radical (unpaired) electrons. The van der Waals surface area contributed by atoms with Gasteiger partial charge in [0.25, 0.3) is 0 Å². The van der Waals surface area contributed by atoms with E-state index in [9.17, 15) is 14.4 Å². The Kier molecular flexibility index (Phi) is 4.72. The van der Waals surface area contributed by atoms with Crippen LogP contribution in [0, 0.1) is 5.92 Å². The molecule has 1 saturated carbocycles. The number of allylic oxidation sites excluding steroid dienone is 2. The molecule has 0 bridgehead atoms. The molecule has 6 nitrogen and oxygen atoms in total. The Labute approximate surface area is 159 Å². The van der Waals surface area contributed by atoms with Gasteiger partial charge in [0, 0.05) is 34.9 Å². The lowest BCUT2D eigenvalue weighted by molar-refractivity contribution is 0.0322. The standard InChI is InChI=1S/C19H19NO4.C2H7N/c1-18(2,3)24-17(23)20-9-12-8-19(12)13-6-4-5-11(10-21)16(13)14(22)7-15(19)20;1-3-2/h4-7,10,12H,8-9H2,1-3H3;3H,1-2H3. The number of likely N-dealkylation sites (tertiary alicyclic amines) is 1. The number of nitrogens with zero attached hydrogens (tertiary/aromatic N) is 1. The highest BCUT2D eigenvalue weighted by atomic mass is 16.6. The molecule has 0 aromatic heterocycles. The molecule has 27 heavy (non-hydrogen) atoms. The molecule has 2 atom stereocenters. The minimum atomic E-state index is -0.584. The number of piperidine rings is 1. The molecule has 3 aliphatic rings. The zero-order valence-electron chi connectivity index (χ0n) is 16.5. The third-order valence-electron chi connectivity index (χ3n) is 5.09. The molecule has 1 spiro atoms. The number of carbonyl (C=O) groups is 3. The van der Waals surface area contributed by atoms with Gasteiger partial charge in [-0.15, -0.1) is 0 Å². The predicted octanol–water partition coefficient (Wildman–Crippen LogP) is 2.92. The van der Waals surface area contributed by atoms with E-state index >= 15 is 0 Å². The maximum absolute atomic E-state index is 12.6. The number of amides is 1. The molecule has 1 heterocycles. The second-order valence-corrected chi connectivity index (χ2v) is 8.24. The summed E-state index contributed by atoms with van der Waals surface area (Å²) >= 11 is 0. The quantitative estimate of drug-likeness (QED) is 0.769. The topological polar surface area (TPSA) is 75.7 Å².